The van der Waals surface area contributed by atoms with E-state index in [2.05, 4.69) is 29.0 Å². The first kappa shape index (κ1) is 14.1. The van der Waals surface area contributed by atoms with Gasteiger partial charge in [-0.2, -0.15) is 11.8 Å². The van der Waals surface area contributed by atoms with E-state index in [0.717, 1.165) is 23.5 Å². The molecule has 0 saturated carbocycles. The number of hydrogen-bond acceptors (Lipinski definition) is 4. The lowest BCUT2D eigenvalue weighted by Crippen LogP contribution is -2.00. The molecule has 0 fully saturated rings. The van der Waals surface area contributed by atoms with Crippen LogP contribution in [0.3, 0.4) is 0 Å². The Morgan fingerprint density at radius 1 is 1.29 bits per heavy atom. The van der Waals surface area contributed by atoms with Gasteiger partial charge in [0.15, 0.2) is 0 Å². The maximum absolute atomic E-state index is 10.9. The van der Waals surface area contributed by atoms with Crippen molar-refractivity contribution in [2.45, 2.75) is 25.1 Å². The maximum atomic E-state index is 10.9. The molecule has 0 atom stereocenters. The maximum Gasteiger partial charge on any atom is 0.305 e. The highest BCUT2D eigenvalue weighted by Gasteiger charge is 1.99. The van der Waals surface area contributed by atoms with E-state index in [9.17, 15) is 4.79 Å². The summed E-state index contributed by atoms with van der Waals surface area (Å²) >= 11 is 1.83. The van der Waals surface area contributed by atoms with Crippen LogP contribution in [0, 0.1) is 0 Å². The van der Waals surface area contributed by atoms with Gasteiger partial charge < -0.3 is 10.5 Å². The first-order chi connectivity index (χ1) is 8.26. The minimum atomic E-state index is -0.127. The number of carbonyl (C=O) groups excluding carboxylic acids is 1. The third-order valence-corrected chi connectivity index (χ3v) is 3.54. The second kappa shape index (κ2) is 8.14. The lowest BCUT2D eigenvalue weighted by molar-refractivity contribution is -0.140. The van der Waals surface area contributed by atoms with E-state index in [1.165, 1.54) is 12.7 Å². The van der Waals surface area contributed by atoms with Crippen molar-refractivity contribution < 1.29 is 9.53 Å². The Bertz CT molecular complexity index is 338. The third-order valence-electron chi connectivity index (χ3n) is 2.42. The first-order valence-corrected chi connectivity index (χ1v) is 6.84. The van der Waals surface area contributed by atoms with Gasteiger partial charge in [0.25, 0.3) is 0 Å². The lowest BCUT2D eigenvalue weighted by Gasteiger charge is -2.03. The largest absolute Gasteiger partial charge is 0.469 e. The highest BCUT2D eigenvalue weighted by molar-refractivity contribution is 7.98. The summed E-state index contributed by atoms with van der Waals surface area (Å²) in [5.74, 6) is 1.83. The molecule has 1 aromatic carbocycles. The van der Waals surface area contributed by atoms with Crippen LogP contribution in [0.2, 0.25) is 0 Å². The molecule has 0 amide bonds. The van der Waals surface area contributed by atoms with Gasteiger partial charge in [-0.1, -0.05) is 24.3 Å². The summed E-state index contributed by atoms with van der Waals surface area (Å²) in [5, 5.41) is 0. The zero-order valence-electron chi connectivity index (χ0n) is 10.1. The zero-order chi connectivity index (χ0) is 12.5. The van der Waals surface area contributed by atoms with Crippen LogP contribution < -0.4 is 5.73 Å². The molecule has 0 heterocycles. The van der Waals surface area contributed by atoms with Crippen molar-refractivity contribution in [3.05, 3.63) is 35.4 Å². The summed E-state index contributed by atoms with van der Waals surface area (Å²) in [4.78, 5) is 10.9. The minimum Gasteiger partial charge on any atom is -0.469 e. The van der Waals surface area contributed by atoms with Crippen molar-refractivity contribution >= 4 is 17.7 Å². The average Bonchev–Trinajstić information content (AvgIpc) is 2.38. The standard InChI is InChI=1S/C13H19NO2S/c1-16-13(15)3-2-8-17-10-12-6-4-11(9-14)5-7-12/h4-7H,2-3,8-10,14H2,1H3. The topological polar surface area (TPSA) is 52.3 Å². The predicted molar refractivity (Wildman–Crippen MR) is 71.7 cm³/mol. The minimum absolute atomic E-state index is 0.127. The zero-order valence-corrected chi connectivity index (χ0v) is 11.0. The summed E-state index contributed by atoms with van der Waals surface area (Å²) in [6.07, 6.45) is 1.38. The fourth-order valence-corrected chi connectivity index (χ4v) is 2.30. The molecule has 0 spiro atoms. The Hall–Kier alpha value is -1.00. The molecule has 1 rings (SSSR count). The Balaban J connectivity index is 2.15. The normalized spacial score (nSPS) is 10.2. The number of thioether (sulfide) groups is 1. The Morgan fingerprint density at radius 3 is 2.53 bits per heavy atom. The molecule has 0 aliphatic heterocycles. The van der Waals surface area contributed by atoms with Crippen LogP contribution in [0.25, 0.3) is 0 Å². The van der Waals surface area contributed by atoms with Gasteiger partial charge in [-0.3, -0.25) is 4.79 Å². The van der Waals surface area contributed by atoms with E-state index in [-0.39, 0.29) is 5.97 Å². The molecule has 17 heavy (non-hydrogen) atoms. The Morgan fingerprint density at radius 2 is 1.94 bits per heavy atom. The van der Waals surface area contributed by atoms with Gasteiger partial charge in [-0.15, -0.1) is 0 Å². The van der Waals surface area contributed by atoms with E-state index in [1.807, 2.05) is 11.8 Å². The molecule has 0 aliphatic rings. The van der Waals surface area contributed by atoms with Crippen molar-refractivity contribution in [1.82, 2.24) is 0 Å². The van der Waals surface area contributed by atoms with Crippen LogP contribution in [0.4, 0.5) is 0 Å². The van der Waals surface area contributed by atoms with Gasteiger partial charge in [-0.05, 0) is 23.3 Å². The van der Waals surface area contributed by atoms with Crippen molar-refractivity contribution in [3.8, 4) is 0 Å². The quantitative estimate of drug-likeness (QED) is 0.598. The average molecular weight is 253 g/mol. The fraction of sp³-hybridized carbons (Fsp3) is 0.462. The molecule has 94 valence electrons. The van der Waals surface area contributed by atoms with E-state index < -0.39 is 0 Å². The lowest BCUT2D eigenvalue weighted by atomic mass is 10.1. The molecule has 0 aliphatic carbocycles. The van der Waals surface area contributed by atoms with Crippen molar-refractivity contribution in [2.75, 3.05) is 12.9 Å². The van der Waals surface area contributed by atoms with E-state index >= 15 is 0 Å². The number of methoxy groups -OCH3 is 1. The molecule has 1 aromatic rings. The first-order valence-electron chi connectivity index (χ1n) is 5.68. The number of rotatable bonds is 7. The second-order valence-electron chi connectivity index (χ2n) is 3.75. The second-order valence-corrected chi connectivity index (χ2v) is 4.86. The predicted octanol–water partition coefficient (Wildman–Crippen LogP) is 2.33. The van der Waals surface area contributed by atoms with Gasteiger partial charge in [-0.25, -0.2) is 0 Å². The number of carbonyl (C=O) groups is 1. The number of nitrogens with two attached hydrogens (primary N) is 1. The summed E-state index contributed by atoms with van der Waals surface area (Å²) in [6, 6.07) is 8.33. The summed E-state index contributed by atoms with van der Waals surface area (Å²) in [7, 11) is 1.43. The van der Waals surface area contributed by atoms with Crippen LogP contribution in [-0.2, 0) is 21.8 Å². The summed E-state index contributed by atoms with van der Waals surface area (Å²) in [6.45, 7) is 0.590. The smallest absolute Gasteiger partial charge is 0.305 e. The third kappa shape index (κ3) is 5.75. The van der Waals surface area contributed by atoms with Crippen LogP contribution in [0.1, 0.15) is 24.0 Å². The molecule has 2 N–H and O–H groups in total. The van der Waals surface area contributed by atoms with Crippen LogP contribution in [0.15, 0.2) is 24.3 Å². The van der Waals surface area contributed by atoms with Crippen LogP contribution >= 0.6 is 11.8 Å². The summed E-state index contributed by atoms with van der Waals surface area (Å²) < 4.78 is 4.58. The number of hydrogen-bond donors (Lipinski definition) is 1. The molecular weight excluding hydrogens is 234 g/mol. The highest BCUT2D eigenvalue weighted by Crippen LogP contribution is 2.14. The molecule has 0 radical (unpaired) electrons. The molecular formula is C13H19NO2S. The number of benzene rings is 1. The van der Waals surface area contributed by atoms with Crippen LogP contribution in [-0.4, -0.2) is 18.8 Å². The molecule has 3 nitrogen and oxygen atoms in total. The summed E-state index contributed by atoms with van der Waals surface area (Å²) in [5.41, 5.74) is 7.99. The van der Waals surface area contributed by atoms with Gasteiger partial charge in [0.1, 0.15) is 0 Å². The number of ether oxygens (including phenoxy) is 1. The monoisotopic (exact) mass is 253 g/mol. The molecule has 4 heteroatoms. The SMILES string of the molecule is COC(=O)CCCSCc1ccc(CN)cc1. The van der Waals surface area contributed by atoms with Crippen molar-refractivity contribution in [3.63, 3.8) is 0 Å². The molecule has 0 aromatic heterocycles. The van der Waals surface area contributed by atoms with Crippen LogP contribution in [0.5, 0.6) is 0 Å². The highest BCUT2D eigenvalue weighted by atomic mass is 32.2. The van der Waals surface area contributed by atoms with Crippen molar-refractivity contribution in [2.24, 2.45) is 5.73 Å². The Labute approximate surface area is 107 Å². The molecule has 0 bridgehead atoms. The number of esters is 1. The van der Waals surface area contributed by atoms with Gasteiger partial charge >= 0.3 is 5.97 Å². The molecule has 0 unspecified atom stereocenters. The van der Waals surface area contributed by atoms with E-state index in [0.29, 0.717) is 13.0 Å². The fourth-order valence-electron chi connectivity index (χ4n) is 1.38. The van der Waals surface area contributed by atoms with E-state index in [1.54, 1.807) is 0 Å². The van der Waals surface area contributed by atoms with Gasteiger partial charge in [0.2, 0.25) is 0 Å². The molecule has 0 saturated heterocycles. The Kier molecular flexibility index (Phi) is 6.74. The van der Waals surface area contributed by atoms with E-state index in [4.69, 9.17) is 5.73 Å². The van der Waals surface area contributed by atoms with Gasteiger partial charge in [0.05, 0.1) is 7.11 Å². The van der Waals surface area contributed by atoms with Gasteiger partial charge in [0, 0.05) is 18.7 Å². The van der Waals surface area contributed by atoms with Crippen molar-refractivity contribution in [1.29, 1.82) is 0 Å².